The van der Waals surface area contributed by atoms with E-state index in [2.05, 4.69) is 30.2 Å². The number of benzene rings is 3. The van der Waals surface area contributed by atoms with E-state index < -0.39 is 0 Å². The van der Waals surface area contributed by atoms with E-state index in [4.69, 9.17) is 5.73 Å². The van der Waals surface area contributed by atoms with Gasteiger partial charge in [-0.1, -0.05) is 36.8 Å². The third-order valence-electron chi connectivity index (χ3n) is 6.86. The largest absolute Gasteiger partial charge is 0.369 e. The third kappa shape index (κ3) is 4.73. The van der Waals surface area contributed by atoms with E-state index in [0.29, 0.717) is 0 Å². The quantitative estimate of drug-likeness (QED) is 0.417. The van der Waals surface area contributed by atoms with Crippen LogP contribution in [-0.2, 0) is 9.59 Å². The summed E-state index contributed by atoms with van der Waals surface area (Å²) in [6.07, 6.45) is 4.63. The molecule has 0 spiro atoms. The Labute approximate surface area is 209 Å². The van der Waals surface area contributed by atoms with Gasteiger partial charge in [-0.3, -0.25) is 9.59 Å². The second kappa shape index (κ2) is 9.57. The van der Waals surface area contributed by atoms with E-state index in [-0.39, 0.29) is 35.5 Å². The number of fused-ring (bicyclic) bond motifs is 1. The highest BCUT2D eigenvalue weighted by Gasteiger charge is 2.38. The van der Waals surface area contributed by atoms with Crippen molar-refractivity contribution in [3.8, 4) is 5.69 Å². The smallest absolute Gasteiger partial charge is 0.230 e. The van der Waals surface area contributed by atoms with Crippen molar-refractivity contribution in [3.05, 3.63) is 89.9 Å². The van der Waals surface area contributed by atoms with Gasteiger partial charge in [0.15, 0.2) is 0 Å². The van der Waals surface area contributed by atoms with Gasteiger partial charge in [-0.25, -0.2) is 9.07 Å². The lowest BCUT2D eigenvalue weighted by atomic mass is 9.99. The molecule has 2 N–H and O–H groups in total. The van der Waals surface area contributed by atoms with Crippen molar-refractivity contribution in [2.75, 3.05) is 4.90 Å². The summed E-state index contributed by atoms with van der Waals surface area (Å²) in [5.74, 6) is -0.0405. The topological polar surface area (TPSA) is 81.2 Å². The van der Waals surface area contributed by atoms with Gasteiger partial charge in [0.25, 0.3) is 0 Å². The Morgan fingerprint density at radius 2 is 1.75 bits per heavy atom. The highest BCUT2D eigenvalue weighted by atomic mass is 19.1. The summed E-state index contributed by atoms with van der Waals surface area (Å²) >= 11 is 0. The van der Waals surface area contributed by atoms with Crippen molar-refractivity contribution in [2.45, 2.75) is 39.2 Å². The first-order valence-corrected chi connectivity index (χ1v) is 12.2. The highest BCUT2D eigenvalue weighted by Crippen LogP contribution is 2.41. The Morgan fingerprint density at radius 3 is 2.39 bits per heavy atom. The fourth-order valence-corrected chi connectivity index (χ4v) is 4.73. The number of anilines is 1. The van der Waals surface area contributed by atoms with Gasteiger partial charge in [0.05, 0.1) is 23.4 Å². The Bertz CT molecular complexity index is 1430. The van der Waals surface area contributed by atoms with Crippen LogP contribution >= 0.6 is 0 Å². The van der Waals surface area contributed by atoms with Gasteiger partial charge in [-0.2, -0.15) is 5.10 Å². The average Bonchev–Trinajstić information content (AvgIpc) is 3.58. The van der Waals surface area contributed by atoms with Crippen LogP contribution in [0.25, 0.3) is 16.6 Å². The van der Waals surface area contributed by atoms with Crippen molar-refractivity contribution in [1.29, 1.82) is 0 Å². The summed E-state index contributed by atoms with van der Waals surface area (Å²) in [5, 5.41) is 5.41. The normalized spacial score (nSPS) is 19.3. The lowest BCUT2D eigenvalue weighted by Gasteiger charge is -2.25. The van der Waals surface area contributed by atoms with Crippen LogP contribution in [0.1, 0.15) is 43.4 Å². The summed E-state index contributed by atoms with van der Waals surface area (Å²) in [4.78, 5) is 24.9. The maximum Gasteiger partial charge on any atom is 0.230 e. The third-order valence-corrected chi connectivity index (χ3v) is 6.86. The number of aryl methyl sites for hydroxylation is 1. The fourth-order valence-electron chi connectivity index (χ4n) is 4.73. The van der Waals surface area contributed by atoms with Gasteiger partial charge >= 0.3 is 0 Å². The maximum atomic E-state index is 13.3. The molecule has 184 valence electrons. The van der Waals surface area contributed by atoms with Gasteiger partial charge in [-0.15, -0.1) is 0 Å². The van der Waals surface area contributed by atoms with E-state index >= 15 is 0 Å². The van der Waals surface area contributed by atoms with Gasteiger partial charge < -0.3 is 10.6 Å². The number of carbonyl (C=O) groups excluding carboxylic acids is 2. The molecule has 1 saturated heterocycles. The molecule has 2 atom stereocenters. The minimum absolute atomic E-state index is 0.0202. The monoisotopic (exact) mass is 484 g/mol. The number of hydrogen-bond acceptors (Lipinski definition) is 3. The first kappa shape index (κ1) is 23.7. The molecule has 2 heterocycles. The number of halogens is 1. The molecule has 2 fully saturated rings. The molecular formula is C29H29FN4O2. The van der Waals surface area contributed by atoms with E-state index in [9.17, 15) is 14.0 Å². The zero-order valence-electron chi connectivity index (χ0n) is 20.4. The molecule has 0 unspecified atom stereocenters. The van der Waals surface area contributed by atoms with Crippen molar-refractivity contribution < 1.29 is 14.0 Å². The first-order chi connectivity index (χ1) is 17.3. The lowest BCUT2D eigenvalue weighted by Crippen LogP contribution is -2.28. The summed E-state index contributed by atoms with van der Waals surface area (Å²) in [6, 6.07) is 20.6. The summed E-state index contributed by atoms with van der Waals surface area (Å²) in [5.41, 5.74) is 9.80. The molecule has 6 rings (SSSR count). The van der Waals surface area contributed by atoms with Crippen LogP contribution in [0.15, 0.2) is 72.9 Å². The predicted octanol–water partition coefficient (Wildman–Crippen LogP) is 5.47. The van der Waals surface area contributed by atoms with Crippen LogP contribution in [0.5, 0.6) is 0 Å². The second-order valence-corrected chi connectivity index (χ2v) is 9.73. The van der Waals surface area contributed by atoms with E-state index in [1.54, 1.807) is 23.0 Å². The van der Waals surface area contributed by atoms with Crippen molar-refractivity contribution >= 4 is 28.4 Å². The molecule has 6 nitrogen and oxygen atoms in total. The molecule has 1 aliphatic carbocycles. The number of nitrogens with two attached hydrogens (primary N) is 1. The second-order valence-electron chi connectivity index (χ2n) is 9.73. The van der Waals surface area contributed by atoms with Crippen molar-refractivity contribution in [2.24, 2.45) is 17.6 Å². The van der Waals surface area contributed by atoms with E-state index in [1.807, 2.05) is 36.1 Å². The molecule has 0 bridgehead atoms. The van der Waals surface area contributed by atoms with Gasteiger partial charge in [0.1, 0.15) is 5.82 Å². The Hall–Kier alpha value is -4.00. The van der Waals surface area contributed by atoms with Crippen LogP contribution in [0.2, 0.25) is 0 Å². The lowest BCUT2D eigenvalue weighted by molar-refractivity contribution is -0.120. The predicted molar refractivity (Wildman–Crippen MR) is 138 cm³/mol. The fraction of sp³-hybridized carbons (Fsp3) is 0.276. The van der Waals surface area contributed by atoms with E-state index in [0.717, 1.165) is 47.1 Å². The van der Waals surface area contributed by atoms with Crippen LogP contribution in [-0.4, -0.2) is 21.6 Å². The summed E-state index contributed by atoms with van der Waals surface area (Å²) < 4.78 is 15.1. The van der Waals surface area contributed by atoms with Crippen LogP contribution < -0.4 is 10.6 Å². The molecule has 0 radical (unpaired) electrons. The number of amides is 2. The SMILES string of the molecule is Cc1cccc([C@@H]2C[C@H](C)C(=O)N2c2ccc3c(cnn3-c3ccc(F)cc3)c2)c1.NC(=O)C1CC1. The van der Waals surface area contributed by atoms with Gasteiger partial charge in [-0.05, 0) is 74.2 Å². The zero-order chi connectivity index (χ0) is 25.4. The molecule has 1 aliphatic heterocycles. The first-order valence-electron chi connectivity index (χ1n) is 12.2. The van der Waals surface area contributed by atoms with Gasteiger partial charge in [0, 0.05) is 22.9 Å². The Kier molecular flexibility index (Phi) is 6.31. The number of nitrogens with zero attached hydrogens (tertiary/aromatic N) is 3. The highest BCUT2D eigenvalue weighted by molar-refractivity contribution is 6.00. The molecule has 1 saturated carbocycles. The number of hydrogen-bond donors (Lipinski definition) is 1. The zero-order valence-corrected chi connectivity index (χ0v) is 20.4. The molecule has 4 aromatic rings. The average molecular weight is 485 g/mol. The standard InChI is InChI=1S/C25H22FN3O.C4H7NO/c1-16-4-3-5-18(12-16)24-13-17(2)25(30)28(24)22-10-11-23-19(14-22)15-27-29(23)21-8-6-20(26)7-9-21;5-4(6)3-1-2-3/h3-12,14-15,17,24H,13H2,1-2H3;3H,1-2H2,(H2,5,6)/t17-,24-;/m0./s1. The molecule has 1 aromatic heterocycles. The van der Waals surface area contributed by atoms with Crippen molar-refractivity contribution in [1.82, 2.24) is 9.78 Å². The molecule has 3 aromatic carbocycles. The summed E-state index contributed by atoms with van der Waals surface area (Å²) in [7, 11) is 0. The number of primary amides is 1. The molecule has 2 aliphatic rings. The molecule has 36 heavy (non-hydrogen) atoms. The number of rotatable bonds is 4. The Morgan fingerprint density at radius 1 is 1.03 bits per heavy atom. The Balaban J connectivity index is 0.000000391. The molecule has 2 amide bonds. The maximum absolute atomic E-state index is 13.3. The number of carbonyl (C=O) groups is 2. The molecule has 7 heteroatoms. The van der Waals surface area contributed by atoms with Crippen molar-refractivity contribution in [3.63, 3.8) is 0 Å². The number of aromatic nitrogens is 2. The van der Waals surface area contributed by atoms with Crippen LogP contribution in [0.3, 0.4) is 0 Å². The van der Waals surface area contributed by atoms with Crippen LogP contribution in [0.4, 0.5) is 10.1 Å². The molecular weight excluding hydrogens is 455 g/mol. The summed E-state index contributed by atoms with van der Waals surface area (Å²) in [6.45, 7) is 4.07. The van der Waals surface area contributed by atoms with E-state index in [1.165, 1.54) is 17.7 Å². The minimum Gasteiger partial charge on any atom is -0.369 e. The van der Waals surface area contributed by atoms with Gasteiger partial charge in [0.2, 0.25) is 11.8 Å². The van der Waals surface area contributed by atoms with Crippen LogP contribution in [0, 0.1) is 24.6 Å². The minimum atomic E-state index is -0.277.